The van der Waals surface area contributed by atoms with Gasteiger partial charge in [-0.1, -0.05) is 204 Å². The summed E-state index contributed by atoms with van der Waals surface area (Å²) in [5.74, 6) is 5.99. The summed E-state index contributed by atoms with van der Waals surface area (Å²) in [5, 5.41) is 0. The van der Waals surface area contributed by atoms with Crippen LogP contribution in [0.5, 0.6) is 0 Å². The number of benzene rings is 4. The minimum Gasteiger partial charge on any atom is -0.241 e. The molecule has 1 aromatic heterocycles. The van der Waals surface area contributed by atoms with Crippen molar-refractivity contribution < 1.29 is 0 Å². The van der Waals surface area contributed by atoms with Gasteiger partial charge in [-0.05, 0) is 95.4 Å². The van der Waals surface area contributed by atoms with Crippen LogP contribution in [0.3, 0.4) is 0 Å². The summed E-state index contributed by atoms with van der Waals surface area (Å²) < 4.78 is 0. The summed E-state index contributed by atoms with van der Waals surface area (Å²) >= 11 is 0. The second-order valence-corrected chi connectivity index (χ2v) is 16.7. The molecule has 4 aromatic carbocycles. The molecule has 0 fully saturated rings. The molecular weight excluding hydrogens is 653 g/mol. The van der Waals surface area contributed by atoms with Crippen molar-refractivity contribution in [3.63, 3.8) is 0 Å². The zero-order chi connectivity index (χ0) is 40.3. The maximum Gasteiger partial charge on any atom is 0.128 e. The van der Waals surface area contributed by atoms with E-state index in [0.717, 1.165) is 41.5 Å². The Labute approximate surface area is 333 Å². The van der Waals surface area contributed by atoms with Crippen molar-refractivity contribution >= 4 is 0 Å². The van der Waals surface area contributed by atoms with Crippen LogP contribution in [0, 0.1) is 36.5 Å². The molecule has 0 aliphatic carbocycles. The molecule has 0 spiro atoms. The average molecular weight is 729 g/mol. The van der Waals surface area contributed by atoms with Gasteiger partial charge in [0.15, 0.2) is 0 Å². The van der Waals surface area contributed by atoms with E-state index in [4.69, 9.17) is 0 Å². The van der Waals surface area contributed by atoms with Gasteiger partial charge < -0.3 is 0 Å². The van der Waals surface area contributed by atoms with Crippen molar-refractivity contribution in [1.29, 1.82) is 0 Å². The van der Waals surface area contributed by atoms with Gasteiger partial charge in [0.25, 0.3) is 0 Å². The van der Waals surface area contributed by atoms with Crippen molar-refractivity contribution in [2.45, 2.75) is 128 Å². The van der Waals surface area contributed by atoms with Crippen LogP contribution in [0.2, 0.25) is 0 Å². The van der Waals surface area contributed by atoms with Crippen LogP contribution in [0.15, 0.2) is 134 Å². The Morgan fingerprint density at radius 3 is 1.09 bits per heavy atom. The van der Waals surface area contributed by atoms with Crippen molar-refractivity contribution in [3.05, 3.63) is 167 Å². The molecule has 2 nitrogen and oxygen atoms in total. The second-order valence-electron chi connectivity index (χ2n) is 16.7. The van der Waals surface area contributed by atoms with Crippen LogP contribution in [-0.2, 0) is 19.3 Å². The van der Waals surface area contributed by atoms with E-state index in [2.05, 4.69) is 214 Å². The van der Waals surface area contributed by atoms with Gasteiger partial charge in [0.1, 0.15) is 5.82 Å². The molecule has 5 aromatic rings. The molecule has 0 amide bonds. The SMILES string of the molecule is CC(C)CCc1ccccc1.CC(C)Cc1ccccc1.CC(C)[C@@H](C)c1ccccc1.CC(C)[C@H](C)c1ccccc1.Cc1cnc(CC(C)C)nc1. The van der Waals surface area contributed by atoms with Gasteiger partial charge in [0.05, 0.1) is 0 Å². The molecule has 0 bridgehead atoms. The number of nitrogens with zero attached hydrogens (tertiary/aromatic N) is 2. The van der Waals surface area contributed by atoms with E-state index in [0.29, 0.717) is 17.8 Å². The van der Waals surface area contributed by atoms with Crippen LogP contribution in [0.4, 0.5) is 0 Å². The first-order valence-corrected chi connectivity index (χ1v) is 20.6. The molecule has 1 heterocycles. The molecule has 54 heavy (non-hydrogen) atoms. The highest BCUT2D eigenvalue weighted by Gasteiger charge is 2.08. The quantitative estimate of drug-likeness (QED) is 0.135. The third kappa shape index (κ3) is 23.6. The normalized spacial score (nSPS) is 11.7. The highest BCUT2D eigenvalue weighted by Crippen LogP contribution is 2.23. The Balaban J connectivity index is 0.000000338. The Bertz CT molecular complexity index is 1490. The molecule has 2 atom stereocenters. The summed E-state index contributed by atoms with van der Waals surface area (Å²) in [6.45, 7) is 29.0. The van der Waals surface area contributed by atoms with Gasteiger partial charge in [-0.15, -0.1) is 0 Å². The molecule has 0 aliphatic rings. The lowest BCUT2D eigenvalue weighted by Crippen LogP contribution is -2.00. The molecule has 5 rings (SSSR count). The van der Waals surface area contributed by atoms with Gasteiger partial charge in [-0.25, -0.2) is 9.97 Å². The third-order valence-electron chi connectivity index (χ3n) is 9.42. The van der Waals surface area contributed by atoms with Gasteiger partial charge in [-0.3, -0.25) is 0 Å². The summed E-state index contributed by atoms with van der Waals surface area (Å²) in [7, 11) is 0. The lowest BCUT2D eigenvalue weighted by molar-refractivity contribution is 0.535. The topological polar surface area (TPSA) is 25.8 Å². The van der Waals surface area contributed by atoms with E-state index in [1.54, 1.807) is 0 Å². The maximum absolute atomic E-state index is 4.21. The van der Waals surface area contributed by atoms with Crippen molar-refractivity contribution in [1.82, 2.24) is 9.97 Å². The average Bonchev–Trinajstić information content (AvgIpc) is 3.16. The minimum atomic E-state index is 0.637. The number of hydrogen-bond acceptors (Lipinski definition) is 2. The molecule has 0 saturated carbocycles. The van der Waals surface area contributed by atoms with Crippen LogP contribution in [0.1, 0.15) is 135 Å². The Morgan fingerprint density at radius 1 is 0.407 bits per heavy atom. The lowest BCUT2D eigenvalue weighted by Gasteiger charge is -2.15. The molecular formula is C52H76N2. The van der Waals surface area contributed by atoms with Crippen molar-refractivity contribution in [2.24, 2.45) is 29.6 Å². The third-order valence-corrected chi connectivity index (χ3v) is 9.42. The molecule has 0 unspecified atom stereocenters. The largest absolute Gasteiger partial charge is 0.241 e. The van der Waals surface area contributed by atoms with Crippen LogP contribution in [0.25, 0.3) is 0 Å². The van der Waals surface area contributed by atoms with Crippen molar-refractivity contribution in [2.75, 3.05) is 0 Å². The summed E-state index contributed by atoms with van der Waals surface area (Å²) in [6.07, 6.45) is 8.42. The fourth-order valence-corrected chi connectivity index (χ4v) is 5.36. The van der Waals surface area contributed by atoms with Crippen LogP contribution < -0.4 is 0 Å². The standard InChI is InChI=1S/3C11H16.C10H14.C9H14N2/c2*1-9(2)10(3)11-7-5-4-6-8-11;1-10(2)8-9-11-6-4-3-5-7-11;1-9(2)8-10-6-4-3-5-7-10;1-7(2)4-9-10-5-8(3)6-11-9/h2*4-10H,1-3H3;3-7,10H,8-9H2,1-2H3;3-7,9H,8H2,1-2H3;5-7H,4H2,1-3H3/t2*10-;;;/m10.../s1. The van der Waals surface area contributed by atoms with Gasteiger partial charge in [0, 0.05) is 18.8 Å². The van der Waals surface area contributed by atoms with E-state index < -0.39 is 0 Å². The van der Waals surface area contributed by atoms with E-state index in [1.165, 1.54) is 41.5 Å². The minimum absolute atomic E-state index is 0.637. The number of rotatable bonds is 11. The highest BCUT2D eigenvalue weighted by molar-refractivity contribution is 5.20. The first-order chi connectivity index (χ1) is 25.7. The maximum atomic E-state index is 4.21. The van der Waals surface area contributed by atoms with E-state index >= 15 is 0 Å². The van der Waals surface area contributed by atoms with Crippen LogP contribution in [-0.4, -0.2) is 9.97 Å². The molecule has 0 aliphatic heterocycles. The zero-order valence-electron chi connectivity index (χ0n) is 36.5. The molecule has 294 valence electrons. The first kappa shape index (κ1) is 48.0. The molecule has 0 radical (unpaired) electrons. The Morgan fingerprint density at radius 2 is 0.759 bits per heavy atom. The zero-order valence-corrected chi connectivity index (χ0v) is 36.5. The highest BCUT2D eigenvalue weighted by atomic mass is 14.9. The fourth-order valence-electron chi connectivity index (χ4n) is 5.36. The molecule has 0 saturated heterocycles. The van der Waals surface area contributed by atoms with E-state index in [9.17, 15) is 0 Å². The van der Waals surface area contributed by atoms with Crippen LogP contribution >= 0.6 is 0 Å². The predicted molar refractivity (Wildman–Crippen MR) is 239 cm³/mol. The van der Waals surface area contributed by atoms with Gasteiger partial charge in [0.2, 0.25) is 0 Å². The molecule has 2 heteroatoms. The number of aryl methyl sites for hydroxylation is 2. The second kappa shape index (κ2) is 28.4. The number of aromatic nitrogens is 2. The predicted octanol–water partition coefficient (Wildman–Crippen LogP) is 15.0. The summed E-state index contributed by atoms with van der Waals surface area (Å²) in [5.41, 5.74) is 6.92. The number of hydrogen-bond donors (Lipinski definition) is 0. The summed E-state index contributed by atoms with van der Waals surface area (Å²) in [4.78, 5) is 8.41. The monoisotopic (exact) mass is 729 g/mol. The van der Waals surface area contributed by atoms with E-state index in [-0.39, 0.29) is 0 Å². The Hall–Kier alpha value is -4.04. The summed E-state index contributed by atoms with van der Waals surface area (Å²) in [6, 6.07) is 42.6. The van der Waals surface area contributed by atoms with Gasteiger partial charge >= 0.3 is 0 Å². The lowest BCUT2D eigenvalue weighted by atomic mass is 9.91. The smallest absolute Gasteiger partial charge is 0.128 e. The fraction of sp³-hybridized carbons (Fsp3) is 0.462. The first-order valence-electron chi connectivity index (χ1n) is 20.6. The van der Waals surface area contributed by atoms with E-state index in [1.807, 2.05) is 19.3 Å². The Kier molecular flexibility index (Phi) is 25.2. The molecule has 0 N–H and O–H groups in total. The van der Waals surface area contributed by atoms with Crippen molar-refractivity contribution in [3.8, 4) is 0 Å². The van der Waals surface area contributed by atoms with Gasteiger partial charge in [-0.2, -0.15) is 0 Å².